The largest absolute Gasteiger partial charge is 0.465 e. The number of hydrogen-bond donors (Lipinski definition) is 2. The smallest absolute Gasteiger partial charge is 0.339 e. The van der Waals surface area contributed by atoms with E-state index in [9.17, 15) is 9.59 Å². The maximum Gasteiger partial charge on any atom is 0.339 e. The normalized spacial score (nSPS) is 10.9. The van der Waals surface area contributed by atoms with Gasteiger partial charge in [-0.1, -0.05) is 13.0 Å². The van der Waals surface area contributed by atoms with Crippen LogP contribution in [0.5, 0.6) is 0 Å². The molecule has 26 heavy (non-hydrogen) atoms. The molecule has 3 heterocycles. The molecule has 8 nitrogen and oxygen atoms in total. The first-order chi connectivity index (χ1) is 12.6. The monoisotopic (exact) mass is 355 g/mol. The average molecular weight is 355 g/mol. The number of aryl methyl sites for hydroxylation is 1. The number of carbonyl (C=O) groups excluding carboxylic acids is 2. The van der Waals surface area contributed by atoms with Crippen molar-refractivity contribution in [3.05, 3.63) is 52.7 Å². The number of nitrogens with zero attached hydrogens (tertiary/aromatic N) is 3. The molecule has 3 aromatic rings. The van der Waals surface area contributed by atoms with Gasteiger partial charge >= 0.3 is 5.97 Å². The van der Waals surface area contributed by atoms with Crippen LogP contribution in [0.25, 0.3) is 5.65 Å². The van der Waals surface area contributed by atoms with E-state index in [0.29, 0.717) is 41.9 Å². The van der Waals surface area contributed by atoms with E-state index < -0.39 is 5.97 Å². The standard InChI is InChI=1S/C18H21N5O3/c1-4-12-15(18(25)26-3)11(2)16(20-12)17(24)19-9-8-14-22-21-13-7-5-6-10-23(13)14/h5-7,10,20H,4,8-9H2,1-3H3,(H,19,24). The Morgan fingerprint density at radius 2 is 2.12 bits per heavy atom. The summed E-state index contributed by atoms with van der Waals surface area (Å²) in [7, 11) is 1.33. The highest BCUT2D eigenvalue weighted by atomic mass is 16.5. The van der Waals surface area contributed by atoms with Gasteiger partial charge < -0.3 is 15.0 Å². The Balaban J connectivity index is 1.70. The van der Waals surface area contributed by atoms with Crippen LogP contribution >= 0.6 is 0 Å². The third-order valence-electron chi connectivity index (χ3n) is 4.32. The lowest BCUT2D eigenvalue weighted by Gasteiger charge is -2.04. The molecule has 0 unspecified atom stereocenters. The Labute approximate surface area is 150 Å². The number of amides is 1. The van der Waals surface area contributed by atoms with Gasteiger partial charge in [0.15, 0.2) is 5.65 Å². The van der Waals surface area contributed by atoms with Crippen molar-refractivity contribution >= 4 is 17.5 Å². The number of aromatic amines is 1. The Hall–Kier alpha value is -3.16. The molecule has 3 rings (SSSR count). The molecule has 2 N–H and O–H groups in total. The van der Waals surface area contributed by atoms with Gasteiger partial charge in [0.25, 0.3) is 5.91 Å². The summed E-state index contributed by atoms with van der Waals surface area (Å²) in [5, 5.41) is 11.1. The quantitative estimate of drug-likeness (QED) is 0.655. The fraction of sp³-hybridized carbons (Fsp3) is 0.333. The number of esters is 1. The molecule has 0 saturated heterocycles. The molecule has 136 valence electrons. The topological polar surface area (TPSA) is 101 Å². The van der Waals surface area contributed by atoms with Crippen molar-refractivity contribution in [1.82, 2.24) is 24.9 Å². The van der Waals surface area contributed by atoms with Crippen molar-refractivity contribution < 1.29 is 14.3 Å². The Morgan fingerprint density at radius 3 is 2.85 bits per heavy atom. The number of methoxy groups -OCH3 is 1. The molecular weight excluding hydrogens is 334 g/mol. The molecule has 3 aromatic heterocycles. The van der Waals surface area contributed by atoms with Gasteiger partial charge in [0.05, 0.1) is 12.7 Å². The Bertz CT molecular complexity index is 957. The lowest BCUT2D eigenvalue weighted by molar-refractivity contribution is 0.0599. The zero-order valence-electron chi connectivity index (χ0n) is 15.0. The van der Waals surface area contributed by atoms with Gasteiger partial charge in [-0.15, -0.1) is 10.2 Å². The van der Waals surface area contributed by atoms with Gasteiger partial charge in [0, 0.05) is 24.9 Å². The average Bonchev–Trinajstić information content (AvgIpc) is 3.22. The van der Waals surface area contributed by atoms with E-state index in [4.69, 9.17) is 4.74 Å². The molecule has 8 heteroatoms. The van der Waals surface area contributed by atoms with Crippen LogP contribution < -0.4 is 5.32 Å². The predicted octanol–water partition coefficient (Wildman–Crippen LogP) is 1.69. The molecule has 1 amide bonds. The number of aromatic nitrogens is 4. The summed E-state index contributed by atoms with van der Waals surface area (Å²) in [6.07, 6.45) is 3.03. The molecule has 0 fully saturated rings. The molecule has 0 radical (unpaired) electrons. The van der Waals surface area contributed by atoms with E-state index in [2.05, 4.69) is 20.5 Å². The van der Waals surface area contributed by atoms with Crippen LogP contribution in [0.1, 0.15) is 44.9 Å². The second-order valence-electron chi connectivity index (χ2n) is 5.87. The zero-order valence-corrected chi connectivity index (χ0v) is 15.0. The molecule has 0 saturated carbocycles. The maximum atomic E-state index is 12.5. The fourth-order valence-corrected chi connectivity index (χ4v) is 2.97. The van der Waals surface area contributed by atoms with Crippen molar-refractivity contribution in [1.29, 1.82) is 0 Å². The van der Waals surface area contributed by atoms with Gasteiger partial charge in [0.1, 0.15) is 11.5 Å². The van der Waals surface area contributed by atoms with Crippen molar-refractivity contribution in [3.8, 4) is 0 Å². The maximum absolute atomic E-state index is 12.5. The van der Waals surface area contributed by atoms with Crippen molar-refractivity contribution in [2.45, 2.75) is 26.7 Å². The molecule has 0 atom stereocenters. The number of ether oxygens (including phenoxy) is 1. The minimum Gasteiger partial charge on any atom is -0.465 e. The number of carbonyl (C=O) groups is 2. The highest BCUT2D eigenvalue weighted by molar-refractivity contribution is 6.00. The summed E-state index contributed by atoms with van der Waals surface area (Å²) < 4.78 is 6.70. The first-order valence-electron chi connectivity index (χ1n) is 8.43. The molecule has 0 aliphatic carbocycles. The first kappa shape index (κ1) is 17.7. The summed E-state index contributed by atoms with van der Waals surface area (Å²) in [5.41, 5.74) is 2.88. The van der Waals surface area contributed by atoms with Crippen LogP contribution in [0.15, 0.2) is 24.4 Å². The second kappa shape index (κ2) is 7.38. The van der Waals surface area contributed by atoms with Crippen LogP contribution in [0.2, 0.25) is 0 Å². The van der Waals surface area contributed by atoms with E-state index in [-0.39, 0.29) is 5.91 Å². The van der Waals surface area contributed by atoms with Crippen LogP contribution in [-0.2, 0) is 17.6 Å². The molecule has 0 aliphatic heterocycles. The van der Waals surface area contributed by atoms with Crippen LogP contribution in [-0.4, -0.2) is 45.1 Å². The molecule has 0 spiro atoms. The lowest BCUT2D eigenvalue weighted by atomic mass is 10.1. The van der Waals surface area contributed by atoms with Crippen molar-refractivity contribution in [2.75, 3.05) is 13.7 Å². The predicted molar refractivity (Wildman–Crippen MR) is 95.3 cm³/mol. The summed E-state index contributed by atoms with van der Waals surface area (Å²) in [6, 6.07) is 5.67. The van der Waals surface area contributed by atoms with E-state index in [0.717, 1.165) is 11.5 Å². The zero-order chi connectivity index (χ0) is 18.7. The van der Waals surface area contributed by atoms with Crippen molar-refractivity contribution in [2.24, 2.45) is 0 Å². The van der Waals surface area contributed by atoms with E-state index in [1.54, 1.807) is 6.92 Å². The Kier molecular flexibility index (Phi) is 5.01. The summed E-state index contributed by atoms with van der Waals surface area (Å²) >= 11 is 0. The second-order valence-corrected chi connectivity index (χ2v) is 5.87. The summed E-state index contributed by atoms with van der Waals surface area (Å²) in [4.78, 5) is 27.5. The van der Waals surface area contributed by atoms with Gasteiger partial charge in [-0.3, -0.25) is 9.20 Å². The minimum absolute atomic E-state index is 0.263. The molecule has 0 bridgehead atoms. The van der Waals surface area contributed by atoms with Crippen LogP contribution in [0.4, 0.5) is 0 Å². The summed E-state index contributed by atoms with van der Waals surface area (Å²) in [5.74, 6) is 0.0689. The Morgan fingerprint density at radius 1 is 1.31 bits per heavy atom. The minimum atomic E-state index is -0.440. The van der Waals surface area contributed by atoms with E-state index in [1.807, 2.05) is 35.7 Å². The van der Waals surface area contributed by atoms with Gasteiger partial charge in [-0.05, 0) is 31.0 Å². The van der Waals surface area contributed by atoms with Gasteiger partial charge in [-0.2, -0.15) is 0 Å². The van der Waals surface area contributed by atoms with Crippen molar-refractivity contribution in [3.63, 3.8) is 0 Å². The third-order valence-corrected chi connectivity index (χ3v) is 4.32. The SMILES string of the molecule is CCc1[nH]c(C(=O)NCCc2nnc3ccccn23)c(C)c1C(=O)OC. The first-order valence-corrected chi connectivity index (χ1v) is 8.43. The highest BCUT2D eigenvalue weighted by Gasteiger charge is 2.23. The fourth-order valence-electron chi connectivity index (χ4n) is 2.97. The third kappa shape index (κ3) is 3.17. The van der Waals surface area contributed by atoms with E-state index >= 15 is 0 Å². The number of hydrogen-bond acceptors (Lipinski definition) is 5. The summed E-state index contributed by atoms with van der Waals surface area (Å²) in [6.45, 7) is 4.06. The number of rotatable bonds is 6. The molecule has 0 aromatic carbocycles. The number of nitrogens with one attached hydrogen (secondary N) is 2. The number of H-pyrrole nitrogens is 1. The number of pyridine rings is 1. The molecular formula is C18H21N5O3. The van der Waals surface area contributed by atoms with E-state index in [1.165, 1.54) is 7.11 Å². The van der Waals surface area contributed by atoms with Gasteiger partial charge in [0.2, 0.25) is 0 Å². The van der Waals surface area contributed by atoms with Gasteiger partial charge in [-0.25, -0.2) is 4.79 Å². The molecule has 0 aliphatic rings. The highest BCUT2D eigenvalue weighted by Crippen LogP contribution is 2.20. The number of fused-ring (bicyclic) bond motifs is 1. The van der Waals surface area contributed by atoms with Crippen LogP contribution in [0.3, 0.4) is 0 Å². The van der Waals surface area contributed by atoms with Crippen LogP contribution in [0, 0.1) is 6.92 Å². The lowest BCUT2D eigenvalue weighted by Crippen LogP contribution is -2.27.